The van der Waals surface area contributed by atoms with Crippen LogP contribution < -0.4 is 10.6 Å². The minimum atomic E-state index is 0.0174. The van der Waals surface area contributed by atoms with Crippen LogP contribution in [0.5, 0.6) is 5.75 Å². The molecule has 9 heteroatoms. The number of phenols is 1. The maximum absolute atomic E-state index is 11.1. The van der Waals surface area contributed by atoms with E-state index in [0.29, 0.717) is 23.5 Å². The zero-order valence-corrected chi connectivity index (χ0v) is 24.9. The molecule has 0 spiro atoms. The fraction of sp³-hybridized carbons (Fsp3) is 0.167. The largest absolute Gasteiger partial charge is 0.507 e. The van der Waals surface area contributed by atoms with Gasteiger partial charge < -0.3 is 15.7 Å². The lowest BCUT2D eigenvalue weighted by atomic mass is 10.1. The molecule has 1 saturated heterocycles. The molecule has 7 rings (SSSR count). The van der Waals surface area contributed by atoms with Crippen LogP contribution in [0.15, 0.2) is 103 Å². The number of nitrogens with two attached hydrogens (primary N) is 1. The number of carbonyl (C=O) groups excluding carboxylic acids is 1. The van der Waals surface area contributed by atoms with E-state index in [1.807, 2.05) is 48.5 Å². The SMILES string of the molecule is C[C@H]1CN(Cc2ccc(-n3c(-c4cccnc4N)nc4ccc(-c5ccccc5)nc43)cc2)CCN1c1ccc(C=O)c(O)c1. The molecule has 45 heavy (non-hydrogen) atoms. The van der Waals surface area contributed by atoms with Crippen LogP contribution in [0.4, 0.5) is 11.5 Å². The third-order valence-electron chi connectivity index (χ3n) is 8.44. The molecule has 1 atom stereocenters. The van der Waals surface area contributed by atoms with Gasteiger partial charge in [-0.1, -0.05) is 42.5 Å². The number of piperazine rings is 1. The first-order valence-electron chi connectivity index (χ1n) is 15.0. The molecule has 0 bridgehead atoms. The number of imidazole rings is 1. The van der Waals surface area contributed by atoms with E-state index in [9.17, 15) is 9.90 Å². The maximum Gasteiger partial charge on any atom is 0.165 e. The Labute approximate surface area is 261 Å². The van der Waals surface area contributed by atoms with E-state index in [1.165, 1.54) is 5.56 Å². The molecule has 9 nitrogen and oxygen atoms in total. The topological polar surface area (TPSA) is 113 Å². The summed E-state index contributed by atoms with van der Waals surface area (Å²) in [6, 6.07) is 32.0. The lowest BCUT2D eigenvalue weighted by molar-refractivity contribution is 0.112. The van der Waals surface area contributed by atoms with Crippen LogP contribution in [0.25, 0.3) is 39.5 Å². The highest BCUT2D eigenvalue weighted by molar-refractivity contribution is 5.84. The third-order valence-corrected chi connectivity index (χ3v) is 8.44. The van der Waals surface area contributed by atoms with Gasteiger partial charge in [-0.3, -0.25) is 14.3 Å². The number of anilines is 2. The van der Waals surface area contributed by atoms with Crippen molar-refractivity contribution in [2.75, 3.05) is 30.3 Å². The summed E-state index contributed by atoms with van der Waals surface area (Å²) in [6.07, 6.45) is 2.36. The molecule has 6 aromatic rings. The van der Waals surface area contributed by atoms with Gasteiger partial charge in [0.25, 0.3) is 0 Å². The van der Waals surface area contributed by atoms with Gasteiger partial charge in [0.2, 0.25) is 0 Å². The van der Waals surface area contributed by atoms with Crippen molar-refractivity contribution in [1.82, 2.24) is 24.4 Å². The highest BCUT2D eigenvalue weighted by atomic mass is 16.3. The second kappa shape index (κ2) is 11.9. The van der Waals surface area contributed by atoms with Crippen molar-refractivity contribution in [1.29, 1.82) is 0 Å². The molecule has 1 aliphatic heterocycles. The number of rotatable bonds is 7. The predicted octanol–water partition coefficient (Wildman–Crippen LogP) is 5.96. The molecule has 0 amide bonds. The van der Waals surface area contributed by atoms with Crippen molar-refractivity contribution in [2.24, 2.45) is 0 Å². The summed E-state index contributed by atoms with van der Waals surface area (Å²) in [5.41, 5.74) is 13.9. The second-order valence-electron chi connectivity index (χ2n) is 11.4. The Morgan fingerprint density at radius 2 is 1.71 bits per heavy atom. The number of aromatic hydroxyl groups is 1. The number of fused-ring (bicyclic) bond motifs is 1. The fourth-order valence-electron chi connectivity index (χ4n) is 6.14. The number of nitrogens with zero attached hydrogens (tertiary/aromatic N) is 6. The summed E-state index contributed by atoms with van der Waals surface area (Å²) >= 11 is 0. The summed E-state index contributed by atoms with van der Waals surface area (Å²) in [6.45, 7) is 5.58. The number of pyridine rings is 2. The zero-order chi connectivity index (χ0) is 30.9. The predicted molar refractivity (Wildman–Crippen MR) is 178 cm³/mol. The van der Waals surface area contributed by atoms with Crippen molar-refractivity contribution in [3.05, 3.63) is 114 Å². The van der Waals surface area contributed by atoms with E-state index in [2.05, 4.69) is 62.7 Å². The molecule has 1 fully saturated rings. The molecule has 224 valence electrons. The molecule has 0 aliphatic carbocycles. The number of nitrogen functional groups attached to an aromatic ring is 1. The normalized spacial score (nSPS) is 15.4. The Morgan fingerprint density at radius 3 is 2.44 bits per heavy atom. The van der Waals surface area contributed by atoms with Gasteiger partial charge in [-0.2, -0.15) is 0 Å². The van der Waals surface area contributed by atoms with E-state index in [1.54, 1.807) is 18.3 Å². The maximum atomic E-state index is 11.1. The molecule has 0 saturated carbocycles. The number of phenolic OH excluding ortho intramolecular Hbond substituents is 1. The first-order valence-corrected chi connectivity index (χ1v) is 15.0. The highest BCUT2D eigenvalue weighted by Gasteiger charge is 2.25. The Hall–Kier alpha value is -5.54. The quantitative estimate of drug-likeness (QED) is 0.217. The summed E-state index contributed by atoms with van der Waals surface area (Å²) in [7, 11) is 0. The molecule has 3 aromatic carbocycles. The van der Waals surface area contributed by atoms with Crippen molar-refractivity contribution in [3.8, 4) is 34.1 Å². The van der Waals surface area contributed by atoms with E-state index < -0.39 is 0 Å². The number of aldehydes is 1. The smallest absolute Gasteiger partial charge is 0.165 e. The molecule has 3 aromatic heterocycles. The Morgan fingerprint density at radius 1 is 0.911 bits per heavy atom. The first kappa shape index (κ1) is 28.2. The molecule has 1 aliphatic rings. The van der Waals surface area contributed by atoms with Crippen molar-refractivity contribution in [3.63, 3.8) is 0 Å². The summed E-state index contributed by atoms with van der Waals surface area (Å²) in [4.78, 5) is 30.2. The average Bonchev–Trinajstić information content (AvgIpc) is 3.44. The minimum Gasteiger partial charge on any atom is -0.507 e. The summed E-state index contributed by atoms with van der Waals surface area (Å²) in [5, 5.41) is 10.2. The standard InChI is InChI=1S/C36H33N7O2/c1-24-21-41(18-19-42(24)29-14-11-27(23-44)33(45)20-29)22-25-9-12-28(13-10-25)43-35(30-8-5-17-38-34(30)37)40-32-16-15-31(39-36(32)43)26-6-3-2-4-7-26/h2-17,20,23-24,45H,18-19,21-22H2,1H3,(H2,37,38)/t24-/m0/s1. The molecule has 3 N–H and O–H groups in total. The van der Waals surface area contributed by atoms with Crippen LogP contribution in [0.2, 0.25) is 0 Å². The molecule has 4 heterocycles. The molecule has 0 unspecified atom stereocenters. The number of benzene rings is 3. The summed E-state index contributed by atoms with van der Waals surface area (Å²) in [5.74, 6) is 1.12. The van der Waals surface area contributed by atoms with Crippen LogP contribution in [0.3, 0.4) is 0 Å². The molecular weight excluding hydrogens is 562 g/mol. The zero-order valence-electron chi connectivity index (χ0n) is 24.9. The van der Waals surface area contributed by atoms with Crippen molar-refractivity contribution >= 4 is 29.0 Å². The van der Waals surface area contributed by atoms with E-state index in [-0.39, 0.29) is 11.8 Å². The number of aromatic nitrogens is 4. The lowest BCUT2D eigenvalue weighted by Crippen LogP contribution is -2.51. The van der Waals surface area contributed by atoms with Gasteiger partial charge in [-0.15, -0.1) is 0 Å². The lowest BCUT2D eigenvalue weighted by Gasteiger charge is -2.41. The minimum absolute atomic E-state index is 0.0174. The van der Waals surface area contributed by atoms with Gasteiger partial charge in [0.05, 0.1) is 16.8 Å². The molecule has 0 radical (unpaired) electrons. The first-order chi connectivity index (χ1) is 22.0. The van der Waals surface area contributed by atoms with E-state index in [4.69, 9.17) is 15.7 Å². The van der Waals surface area contributed by atoms with E-state index in [0.717, 1.165) is 65.5 Å². The van der Waals surface area contributed by atoms with Crippen LogP contribution >= 0.6 is 0 Å². The van der Waals surface area contributed by atoms with Crippen LogP contribution in [-0.4, -0.2) is 61.5 Å². The van der Waals surface area contributed by atoms with Gasteiger partial charge >= 0.3 is 0 Å². The fourth-order valence-corrected chi connectivity index (χ4v) is 6.14. The van der Waals surface area contributed by atoms with Crippen molar-refractivity contribution < 1.29 is 9.90 Å². The second-order valence-corrected chi connectivity index (χ2v) is 11.4. The number of hydrogen-bond donors (Lipinski definition) is 2. The Bertz CT molecular complexity index is 1990. The van der Waals surface area contributed by atoms with Crippen LogP contribution in [-0.2, 0) is 6.54 Å². The molecular formula is C36H33N7O2. The Kier molecular flexibility index (Phi) is 7.44. The van der Waals surface area contributed by atoms with Gasteiger partial charge in [0.1, 0.15) is 17.1 Å². The average molecular weight is 596 g/mol. The highest BCUT2D eigenvalue weighted by Crippen LogP contribution is 2.32. The van der Waals surface area contributed by atoms with Crippen molar-refractivity contribution in [2.45, 2.75) is 19.5 Å². The van der Waals surface area contributed by atoms with Gasteiger partial charge in [-0.05, 0) is 61.0 Å². The van der Waals surface area contributed by atoms with Gasteiger partial charge in [0, 0.05) is 61.4 Å². The van der Waals surface area contributed by atoms with Crippen LogP contribution in [0.1, 0.15) is 22.8 Å². The van der Waals surface area contributed by atoms with Crippen LogP contribution in [0, 0.1) is 0 Å². The van der Waals surface area contributed by atoms with E-state index >= 15 is 0 Å². The summed E-state index contributed by atoms with van der Waals surface area (Å²) < 4.78 is 2.06. The van der Waals surface area contributed by atoms with Gasteiger partial charge in [0.15, 0.2) is 17.8 Å². The van der Waals surface area contributed by atoms with Gasteiger partial charge in [-0.25, -0.2) is 15.0 Å². The number of hydrogen-bond acceptors (Lipinski definition) is 8. The monoisotopic (exact) mass is 595 g/mol. The third kappa shape index (κ3) is 5.49. The number of carbonyl (C=O) groups is 1. The Balaban J connectivity index is 1.16.